The van der Waals surface area contributed by atoms with Crippen molar-refractivity contribution in [1.29, 1.82) is 0 Å². The molecule has 0 saturated heterocycles. The largest absolute Gasteiger partial charge is 0.380 e. The lowest BCUT2D eigenvalue weighted by molar-refractivity contribution is -0.134. The van der Waals surface area contributed by atoms with Crippen molar-refractivity contribution in [2.45, 2.75) is 34.6 Å². The zero-order valence-electron chi connectivity index (χ0n) is 14.0. The van der Waals surface area contributed by atoms with E-state index in [0.717, 1.165) is 0 Å². The summed E-state index contributed by atoms with van der Waals surface area (Å²) in [5, 5.41) is 2.81. The standard InChI is InChI=1S/C16H29NO4/c1-7-13(18)15(3,4)11-21-12-16(5,6)14(19)17-9-10-20-8-2/h7H,1,8-12H2,2-6H3,(H,17,19). The van der Waals surface area contributed by atoms with Crippen LogP contribution in [-0.4, -0.2) is 44.7 Å². The minimum absolute atomic E-state index is 0.0681. The molecule has 0 aromatic rings. The van der Waals surface area contributed by atoms with Crippen LogP contribution in [0.2, 0.25) is 0 Å². The number of amides is 1. The molecular formula is C16H29NO4. The van der Waals surface area contributed by atoms with E-state index in [9.17, 15) is 9.59 Å². The van der Waals surface area contributed by atoms with Crippen molar-refractivity contribution in [3.05, 3.63) is 12.7 Å². The van der Waals surface area contributed by atoms with Crippen LogP contribution in [0, 0.1) is 10.8 Å². The Bertz CT molecular complexity index is 361. The first-order valence-corrected chi connectivity index (χ1v) is 7.28. The first kappa shape index (κ1) is 19.8. The summed E-state index contributed by atoms with van der Waals surface area (Å²) in [6.45, 7) is 14.7. The van der Waals surface area contributed by atoms with Gasteiger partial charge in [-0.25, -0.2) is 0 Å². The lowest BCUT2D eigenvalue weighted by Crippen LogP contribution is -2.42. The quantitative estimate of drug-likeness (QED) is 0.468. The maximum atomic E-state index is 12.0. The molecule has 122 valence electrons. The molecule has 0 aliphatic carbocycles. The summed E-state index contributed by atoms with van der Waals surface area (Å²) in [5.74, 6) is -0.156. The van der Waals surface area contributed by atoms with Crippen LogP contribution in [0.5, 0.6) is 0 Å². The molecule has 0 aromatic heterocycles. The molecule has 0 aliphatic heterocycles. The molecule has 0 heterocycles. The second-order valence-electron chi connectivity index (χ2n) is 6.28. The van der Waals surface area contributed by atoms with E-state index in [1.54, 1.807) is 13.8 Å². The molecule has 0 radical (unpaired) electrons. The van der Waals surface area contributed by atoms with Gasteiger partial charge in [0.15, 0.2) is 5.78 Å². The van der Waals surface area contributed by atoms with Gasteiger partial charge in [-0.15, -0.1) is 0 Å². The highest BCUT2D eigenvalue weighted by molar-refractivity contribution is 5.93. The van der Waals surface area contributed by atoms with Crippen molar-refractivity contribution < 1.29 is 19.1 Å². The molecule has 1 amide bonds. The van der Waals surface area contributed by atoms with Gasteiger partial charge in [0, 0.05) is 13.2 Å². The number of hydrogen-bond acceptors (Lipinski definition) is 4. The lowest BCUT2D eigenvalue weighted by Gasteiger charge is -2.27. The zero-order valence-corrected chi connectivity index (χ0v) is 14.0. The Hall–Kier alpha value is -1.20. The van der Waals surface area contributed by atoms with E-state index in [1.165, 1.54) is 6.08 Å². The number of nitrogens with one attached hydrogen (secondary N) is 1. The van der Waals surface area contributed by atoms with Gasteiger partial charge >= 0.3 is 0 Å². The van der Waals surface area contributed by atoms with E-state index >= 15 is 0 Å². The third-order valence-corrected chi connectivity index (χ3v) is 3.13. The van der Waals surface area contributed by atoms with E-state index in [-0.39, 0.29) is 24.9 Å². The Balaban J connectivity index is 4.20. The molecule has 0 rings (SSSR count). The number of hydrogen-bond donors (Lipinski definition) is 1. The fourth-order valence-electron chi connectivity index (χ4n) is 1.59. The highest BCUT2D eigenvalue weighted by Gasteiger charge is 2.30. The van der Waals surface area contributed by atoms with E-state index in [1.807, 2.05) is 20.8 Å². The molecule has 21 heavy (non-hydrogen) atoms. The van der Waals surface area contributed by atoms with Crippen LogP contribution in [0.1, 0.15) is 34.6 Å². The predicted molar refractivity (Wildman–Crippen MR) is 83.1 cm³/mol. The molecule has 0 fully saturated rings. The van der Waals surface area contributed by atoms with Crippen molar-refractivity contribution in [3.63, 3.8) is 0 Å². The Morgan fingerprint density at radius 1 is 1.10 bits per heavy atom. The van der Waals surface area contributed by atoms with Crippen LogP contribution in [0.4, 0.5) is 0 Å². The summed E-state index contributed by atoms with van der Waals surface area (Å²) in [6.07, 6.45) is 1.30. The minimum atomic E-state index is -0.653. The number of ether oxygens (including phenoxy) is 2. The van der Waals surface area contributed by atoms with Gasteiger partial charge < -0.3 is 14.8 Å². The number of ketones is 1. The molecule has 0 aromatic carbocycles. The van der Waals surface area contributed by atoms with Gasteiger partial charge in [-0.1, -0.05) is 20.4 Å². The number of allylic oxidation sites excluding steroid dienone is 1. The summed E-state index contributed by atoms with van der Waals surface area (Å²) in [7, 11) is 0. The van der Waals surface area contributed by atoms with Gasteiger partial charge in [0.2, 0.25) is 5.91 Å². The molecule has 5 nitrogen and oxygen atoms in total. The van der Waals surface area contributed by atoms with Crippen molar-refractivity contribution >= 4 is 11.7 Å². The van der Waals surface area contributed by atoms with Gasteiger partial charge in [-0.3, -0.25) is 9.59 Å². The van der Waals surface area contributed by atoms with E-state index in [0.29, 0.717) is 19.8 Å². The highest BCUT2D eigenvalue weighted by Crippen LogP contribution is 2.21. The van der Waals surface area contributed by atoms with Crippen molar-refractivity contribution in [3.8, 4) is 0 Å². The monoisotopic (exact) mass is 299 g/mol. The van der Waals surface area contributed by atoms with Crippen LogP contribution in [0.15, 0.2) is 12.7 Å². The Morgan fingerprint density at radius 2 is 1.67 bits per heavy atom. The number of carbonyl (C=O) groups is 2. The van der Waals surface area contributed by atoms with Crippen molar-refractivity contribution in [2.75, 3.05) is 33.0 Å². The van der Waals surface area contributed by atoms with Gasteiger partial charge in [0.05, 0.1) is 30.7 Å². The van der Waals surface area contributed by atoms with Crippen molar-refractivity contribution in [2.24, 2.45) is 10.8 Å². The molecule has 5 heteroatoms. The molecule has 0 bridgehead atoms. The third-order valence-electron chi connectivity index (χ3n) is 3.13. The molecule has 0 atom stereocenters. The maximum absolute atomic E-state index is 12.0. The fraction of sp³-hybridized carbons (Fsp3) is 0.750. The van der Waals surface area contributed by atoms with Gasteiger partial charge in [-0.2, -0.15) is 0 Å². The van der Waals surface area contributed by atoms with Crippen molar-refractivity contribution in [1.82, 2.24) is 5.32 Å². The van der Waals surface area contributed by atoms with Gasteiger partial charge in [0.25, 0.3) is 0 Å². The second-order valence-corrected chi connectivity index (χ2v) is 6.28. The van der Waals surface area contributed by atoms with Crippen LogP contribution in [-0.2, 0) is 19.1 Å². The maximum Gasteiger partial charge on any atom is 0.228 e. The van der Waals surface area contributed by atoms with E-state index in [2.05, 4.69) is 11.9 Å². The zero-order chi connectivity index (χ0) is 16.5. The second kappa shape index (κ2) is 8.95. The molecule has 0 spiro atoms. The molecule has 0 unspecified atom stereocenters. The Labute approximate surface area is 128 Å². The topological polar surface area (TPSA) is 64.6 Å². The molecule has 1 N–H and O–H groups in total. The highest BCUT2D eigenvalue weighted by atomic mass is 16.5. The molecule has 0 saturated carbocycles. The van der Waals surface area contributed by atoms with Gasteiger partial charge in [-0.05, 0) is 26.8 Å². The van der Waals surface area contributed by atoms with Gasteiger partial charge in [0.1, 0.15) is 0 Å². The average Bonchev–Trinajstić information content (AvgIpc) is 2.41. The summed E-state index contributed by atoms with van der Waals surface area (Å²) < 4.78 is 10.7. The normalized spacial score (nSPS) is 12.0. The SMILES string of the molecule is C=CC(=O)C(C)(C)COCC(C)(C)C(=O)NCCOCC. The van der Waals surface area contributed by atoms with Crippen LogP contribution in [0.25, 0.3) is 0 Å². The fourth-order valence-corrected chi connectivity index (χ4v) is 1.59. The summed E-state index contributed by atoms with van der Waals surface area (Å²) in [5.41, 5.74) is -1.28. The summed E-state index contributed by atoms with van der Waals surface area (Å²) >= 11 is 0. The van der Waals surface area contributed by atoms with Crippen LogP contribution >= 0.6 is 0 Å². The minimum Gasteiger partial charge on any atom is -0.380 e. The summed E-state index contributed by atoms with van der Waals surface area (Å²) in [4.78, 5) is 23.7. The van der Waals surface area contributed by atoms with E-state index < -0.39 is 10.8 Å². The average molecular weight is 299 g/mol. The van der Waals surface area contributed by atoms with Crippen LogP contribution in [0.3, 0.4) is 0 Å². The lowest BCUT2D eigenvalue weighted by atomic mass is 9.88. The first-order chi connectivity index (χ1) is 9.67. The summed E-state index contributed by atoms with van der Waals surface area (Å²) in [6, 6.07) is 0. The Kier molecular flexibility index (Phi) is 8.44. The first-order valence-electron chi connectivity index (χ1n) is 7.28. The number of rotatable bonds is 11. The molecule has 0 aliphatic rings. The smallest absolute Gasteiger partial charge is 0.228 e. The third kappa shape index (κ3) is 7.39. The Morgan fingerprint density at radius 3 is 2.19 bits per heavy atom. The molecular weight excluding hydrogens is 270 g/mol. The van der Waals surface area contributed by atoms with E-state index in [4.69, 9.17) is 9.47 Å². The predicted octanol–water partition coefficient (Wildman–Crippen LogP) is 1.96. The number of carbonyl (C=O) groups excluding carboxylic acids is 2. The van der Waals surface area contributed by atoms with Crippen LogP contribution < -0.4 is 5.32 Å².